The molecule has 1 fully saturated rings. The molecule has 32 heavy (non-hydrogen) atoms. The molecule has 0 aliphatic carbocycles. The zero-order valence-corrected chi connectivity index (χ0v) is 16.8. The van der Waals surface area contributed by atoms with Gasteiger partial charge in [-0.2, -0.15) is 0 Å². The van der Waals surface area contributed by atoms with Gasteiger partial charge in [0.1, 0.15) is 23.3 Å². The topological polar surface area (TPSA) is 73.9 Å². The van der Waals surface area contributed by atoms with E-state index >= 15 is 0 Å². The lowest BCUT2D eigenvalue weighted by Gasteiger charge is -2.16. The Morgan fingerprint density at radius 3 is 2.53 bits per heavy atom. The number of benzene rings is 2. The molecule has 0 saturated carbocycles. The molecule has 3 heterocycles. The summed E-state index contributed by atoms with van der Waals surface area (Å²) in [4.78, 5) is 25.5. The van der Waals surface area contributed by atoms with E-state index in [0.29, 0.717) is 35.5 Å². The monoisotopic (exact) mass is 437 g/mol. The van der Waals surface area contributed by atoms with Crippen LogP contribution in [-0.2, 0) is 0 Å². The molecule has 1 aliphatic heterocycles. The molecule has 2 amide bonds. The molecule has 0 radical (unpaired) electrons. The van der Waals surface area contributed by atoms with E-state index in [0.717, 1.165) is 31.0 Å². The van der Waals surface area contributed by atoms with Crippen LogP contribution < -0.4 is 5.32 Å². The van der Waals surface area contributed by atoms with Crippen LogP contribution in [0.1, 0.15) is 12.8 Å². The van der Waals surface area contributed by atoms with Gasteiger partial charge in [0, 0.05) is 36.1 Å². The quantitative estimate of drug-likeness (QED) is 0.455. The molecule has 4 aromatic rings. The van der Waals surface area contributed by atoms with Crippen LogP contribution >= 0.6 is 0 Å². The number of carbonyl (C=O) groups excluding carboxylic acids is 1. The molecule has 2 aromatic heterocycles. The van der Waals surface area contributed by atoms with E-state index in [-0.39, 0.29) is 23.0 Å². The molecule has 1 saturated heterocycles. The van der Waals surface area contributed by atoms with Gasteiger partial charge in [-0.25, -0.2) is 27.9 Å². The second-order valence-corrected chi connectivity index (χ2v) is 7.62. The van der Waals surface area contributed by atoms with Gasteiger partial charge in [0.05, 0.1) is 11.1 Å². The number of likely N-dealkylation sites (tertiary alicyclic amines) is 1. The van der Waals surface area contributed by atoms with Gasteiger partial charge >= 0.3 is 6.03 Å². The highest BCUT2D eigenvalue weighted by Gasteiger charge is 2.19. The number of aromatic amines is 1. The van der Waals surface area contributed by atoms with Crippen LogP contribution in [0.25, 0.3) is 33.7 Å². The maximum absolute atomic E-state index is 14.6. The first kappa shape index (κ1) is 20.0. The van der Waals surface area contributed by atoms with Crippen LogP contribution in [0.4, 0.5) is 23.7 Å². The largest absolute Gasteiger partial charge is 0.336 e. The minimum atomic E-state index is -0.584. The van der Waals surface area contributed by atoms with Gasteiger partial charge < -0.3 is 15.2 Å². The maximum atomic E-state index is 14.6. The number of hydrogen-bond acceptors (Lipinski definition) is 3. The Hall–Kier alpha value is -3.88. The minimum absolute atomic E-state index is 0.0633. The van der Waals surface area contributed by atoms with Gasteiger partial charge in [-0.05, 0) is 55.3 Å². The number of carbonyl (C=O) groups is 1. The van der Waals surface area contributed by atoms with E-state index in [2.05, 4.69) is 20.3 Å². The predicted octanol–water partition coefficient (Wildman–Crippen LogP) is 5.34. The van der Waals surface area contributed by atoms with Crippen molar-refractivity contribution in [2.45, 2.75) is 12.8 Å². The molecule has 5 rings (SSSR count). The number of hydrogen-bond donors (Lipinski definition) is 2. The second kappa shape index (κ2) is 7.99. The first-order valence-electron chi connectivity index (χ1n) is 10.1. The van der Waals surface area contributed by atoms with Crippen molar-refractivity contribution in [3.8, 4) is 22.5 Å². The summed E-state index contributed by atoms with van der Waals surface area (Å²) in [5.74, 6) is -1.47. The Morgan fingerprint density at radius 1 is 0.969 bits per heavy atom. The third kappa shape index (κ3) is 3.77. The van der Waals surface area contributed by atoms with Gasteiger partial charge in [0.15, 0.2) is 5.65 Å². The number of nitrogens with zero attached hydrogens (tertiary/aromatic N) is 3. The Balaban J connectivity index is 1.48. The summed E-state index contributed by atoms with van der Waals surface area (Å²) in [7, 11) is 0. The fourth-order valence-corrected chi connectivity index (χ4v) is 3.80. The highest BCUT2D eigenvalue weighted by Crippen LogP contribution is 2.29. The number of aromatic nitrogens is 3. The molecule has 9 heteroatoms. The third-order valence-electron chi connectivity index (χ3n) is 5.44. The number of anilines is 1. The lowest BCUT2D eigenvalue weighted by Crippen LogP contribution is -2.32. The number of fused-ring (bicyclic) bond motifs is 1. The number of rotatable bonds is 3. The summed E-state index contributed by atoms with van der Waals surface area (Å²) in [6, 6.07) is 8.75. The van der Waals surface area contributed by atoms with Gasteiger partial charge in [-0.1, -0.05) is 0 Å². The number of pyridine rings is 1. The van der Waals surface area contributed by atoms with E-state index < -0.39 is 17.5 Å². The van der Waals surface area contributed by atoms with E-state index in [1.807, 2.05) is 0 Å². The lowest BCUT2D eigenvalue weighted by atomic mass is 10.1. The van der Waals surface area contributed by atoms with Crippen molar-refractivity contribution in [3.63, 3.8) is 0 Å². The Labute approximate surface area is 181 Å². The standard InChI is InChI=1S/C23H18F3N5O/c24-14-3-5-18(25)16(10-14)13-9-20-22(27-12-13)30-21(29-20)17-11-15(4-6-19(17)26)28-23(32)31-7-1-2-8-31/h3-6,9-12H,1-2,7-8H2,(H,28,32)(H,27,29,30). The predicted molar refractivity (Wildman–Crippen MR) is 114 cm³/mol. The zero-order chi connectivity index (χ0) is 22.2. The fraction of sp³-hybridized carbons (Fsp3) is 0.174. The number of halogens is 3. The average molecular weight is 437 g/mol. The summed E-state index contributed by atoms with van der Waals surface area (Å²) in [6.45, 7) is 1.40. The molecule has 0 bridgehead atoms. The third-order valence-corrected chi connectivity index (χ3v) is 5.44. The average Bonchev–Trinajstić information content (AvgIpc) is 3.46. The second-order valence-electron chi connectivity index (χ2n) is 7.62. The Kier molecular flexibility index (Phi) is 5.01. The minimum Gasteiger partial charge on any atom is -0.336 e. The first-order valence-corrected chi connectivity index (χ1v) is 10.1. The van der Waals surface area contributed by atoms with Gasteiger partial charge in [0.2, 0.25) is 0 Å². The molecule has 6 nitrogen and oxygen atoms in total. The van der Waals surface area contributed by atoms with Gasteiger partial charge in [-0.3, -0.25) is 0 Å². The molecule has 2 N–H and O–H groups in total. The van der Waals surface area contributed by atoms with E-state index in [1.54, 1.807) is 11.0 Å². The zero-order valence-electron chi connectivity index (χ0n) is 16.8. The first-order chi connectivity index (χ1) is 15.5. The molecule has 162 valence electrons. The number of amides is 2. The van der Waals surface area contributed by atoms with Crippen LogP contribution in [0.15, 0.2) is 48.7 Å². The number of H-pyrrole nitrogens is 1. The van der Waals surface area contributed by atoms with Gasteiger partial charge in [0.25, 0.3) is 0 Å². The van der Waals surface area contributed by atoms with Crippen molar-refractivity contribution < 1.29 is 18.0 Å². The maximum Gasteiger partial charge on any atom is 0.321 e. The van der Waals surface area contributed by atoms with E-state index in [1.165, 1.54) is 24.4 Å². The lowest BCUT2D eigenvalue weighted by molar-refractivity contribution is 0.222. The molecule has 1 aliphatic rings. The summed E-state index contributed by atoms with van der Waals surface area (Å²) in [5.41, 5.74) is 1.75. The van der Waals surface area contributed by atoms with Crippen LogP contribution in [-0.4, -0.2) is 39.0 Å². The fourth-order valence-electron chi connectivity index (χ4n) is 3.80. The highest BCUT2D eigenvalue weighted by molar-refractivity contribution is 5.90. The Bertz CT molecular complexity index is 1330. The van der Waals surface area contributed by atoms with Crippen molar-refractivity contribution in [1.29, 1.82) is 0 Å². The van der Waals surface area contributed by atoms with Crippen LogP contribution in [0.5, 0.6) is 0 Å². The van der Waals surface area contributed by atoms with Crippen molar-refractivity contribution in [1.82, 2.24) is 19.9 Å². The molecular formula is C23H18F3N5O. The Morgan fingerprint density at radius 2 is 1.72 bits per heavy atom. The van der Waals surface area contributed by atoms with Crippen molar-refractivity contribution >= 4 is 22.9 Å². The summed E-state index contributed by atoms with van der Waals surface area (Å²) in [6.07, 6.45) is 3.32. The SMILES string of the molecule is O=C(Nc1ccc(F)c(-c2nc3ncc(-c4cc(F)ccc4F)cc3[nH]2)c1)N1CCCC1. The van der Waals surface area contributed by atoms with Crippen LogP contribution in [0, 0.1) is 17.5 Å². The normalized spacial score (nSPS) is 13.7. The smallest absolute Gasteiger partial charge is 0.321 e. The van der Waals surface area contributed by atoms with Crippen molar-refractivity contribution in [3.05, 3.63) is 66.1 Å². The molecule has 0 unspecified atom stereocenters. The van der Waals surface area contributed by atoms with E-state index in [9.17, 15) is 18.0 Å². The molecule has 2 aromatic carbocycles. The molecule has 0 spiro atoms. The summed E-state index contributed by atoms with van der Waals surface area (Å²) < 4.78 is 42.3. The van der Waals surface area contributed by atoms with Crippen molar-refractivity contribution in [2.24, 2.45) is 0 Å². The molecular weight excluding hydrogens is 419 g/mol. The van der Waals surface area contributed by atoms with Crippen molar-refractivity contribution in [2.75, 3.05) is 18.4 Å². The van der Waals surface area contributed by atoms with Crippen LogP contribution in [0.3, 0.4) is 0 Å². The summed E-state index contributed by atoms with van der Waals surface area (Å²) in [5, 5.41) is 2.78. The van der Waals surface area contributed by atoms with E-state index in [4.69, 9.17) is 0 Å². The number of urea groups is 1. The van der Waals surface area contributed by atoms with Crippen LogP contribution in [0.2, 0.25) is 0 Å². The number of imidazole rings is 1. The van der Waals surface area contributed by atoms with Gasteiger partial charge in [-0.15, -0.1) is 0 Å². The summed E-state index contributed by atoms with van der Waals surface area (Å²) >= 11 is 0. The number of nitrogens with one attached hydrogen (secondary N) is 2. The molecule has 0 atom stereocenters. The highest BCUT2D eigenvalue weighted by atomic mass is 19.1.